The van der Waals surface area contributed by atoms with Crippen molar-refractivity contribution in [3.63, 3.8) is 0 Å². The van der Waals surface area contributed by atoms with Gasteiger partial charge in [-0.15, -0.1) is 6.58 Å². The Bertz CT molecular complexity index is 1360. The number of nitrogens with zero attached hydrogens (tertiary/aromatic N) is 1. The van der Waals surface area contributed by atoms with Crippen LogP contribution < -0.4 is 14.8 Å². The van der Waals surface area contributed by atoms with E-state index in [1.54, 1.807) is 6.92 Å². The highest BCUT2D eigenvalue weighted by Gasteiger charge is 2.26. The summed E-state index contributed by atoms with van der Waals surface area (Å²) < 4.78 is 59.5. The summed E-state index contributed by atoms with van der Waals surface area (Å²) in [5.74, 6) is -1.60. The van der Waals surface area contributed by atoms with E-state index in [-0.39, 0.29) is 29.4 Å². The van der Waals surface area contributed by atoms with Gasteiger partial charge in [-0.2, -0.15) is 0 Å². The van der Waals surface area contributed by atoms with Crippen LogP contribution in [0.5, 0.6) is 5.75 Å². The zero-order valence-electron chi connectivity index (χ0n) is 20.6. The molecule has 0 spiro atoms. The number of ether oxygens (including phenoxy) is 1. The van der Waals surface area contributed by atoms with Gasteiger partial charge in [0.25, 0.3) is 15.9 Å². The zero-order chi connectivity index (χ0) is 27.7. The molecule has 0 aliphatic carbocycles. The smallest absolute Gasteiger partial charge is 0.261 e. The number of anilines is 1. The number of hydrogen-bond acceptors (Lipinski definition) is 5. The summed E-state index contributed by atoms with van der Waals surface area (Å²) in [5.41, 5.74) is 0.816. The Morgan fingerprint density at radius 2 is 1.55 bits per heavy atom. The molecule has 38 heavy (non-hydrogen) atoms. The summed E-state index contributed by atoms with van der Waals surface area (Å²) in [5, 5.41) is 2.64. The maximum absolute atomic E-state index is 13.3. The van der Waals surface area contributed by atoms with E-state index in [2.05, 4.69) is 16.6 Å². The summed E-state index contributed by atoms with van der Waals surface area (Å²) in [7, 11) is -3.94. The number of hydrogen-bond donors (Lipinski definition) is 2. The fourth-order valence-corrected chi connectivity index (χ4v) is 4.42. The highest BCUT2D eigenvalue weighted by Crippen LogP contribution is 2.20. The molecular weight excluding hydrogens is 516 g/mol. The fraction of sp³-hybridized carbons (Fsp3) is 0.185. The first-order chi connectivity index (χ1) is 18.1. The number of amides is 2. The molecule has 0 fully saturated rings. The van der Waals surface area contributed by atoms with Crippen LogP contribution >= 0.6 is 0 Å². The van der Waals surface area contributed by atoms with E-state index in [1.165, 1.54) is 71.6 Å². The Morgan fingerprint density at radius 1 is 0.974 bits per heavy atom. The molecule has 3 aromatic rings. The lowest BCUT2D eigenvalue weighted by atomic mass is 10.1. The van der Waals surface area contributed by atoms with Gasteiger partial charge >= 0.3 is 0 Å². The van der Waals surface area contributed by atoms with Gasteiger partial charge < -0.3 is 15.0 Å². The van der Waals surface area contributed by atoms with Gasteiger partial charge in [0.2, 0.25) is 5.91 Å². The van der Waals surface area contributed by atoms with Crippen molar-refractivity contribution in [3.05, 3.63) is 103 Å². The number of sulfonamides is 1. The Hall–Kier alpha value is -4.25. The summed E-state index contributed by atoms with van der Waals surface area (Å²) in [6.45, 7) is 4.95. The highest BCUT2D eigenvalue weighted by atomic mass is 32.2. The highest BCUT2D eigenvalue weighted by molar-refractivity contribution is 7.92. The van der Waals surface area contributed by atoms with E-state index in [1.807, 2.05) is 0 Å². The minimum atomic E-state index is -3.94. The van der Waals surface area contributed by atoms with Gasteiger partial charge in [-0.25, -0.2) is 17.2 Å². The lowest BCUT2D eigenvalue weighted by molar-refractivity contribution is -0.142. The number of rotatable bonds is 12. The molecule has 0 aliphatic rings. The predicted octanol–water partition coefficient (Wildman–Crippen LogP) is 3.86. The number of carbonyl (C=O) groups excluding carboxylic acids is 2. The second-order valence-corrected chi connectivity index (χ2v) is 9.91. The van der Waals surface area contributed by atoms with Gasteiger partial charge in [0.05, 0.1) is 4.90 Å². The molecule has 0 saturated carbocycles. The van der Waals surface area contributed by atoms with Crippen molar-refractivity contribution >= 4 is 27.5 Å². The van der Waals surface area contributed by atoms with E-state index in [0.29, 0.717) is 5.56 Å². The average molecular weight is 544 g/mol. The quantitative estimate of drug-likeness (QED) is 0.338. The second-order valence-electron chi connectivity index (χ2n) is 8.23. The summed E-state index contributed by atoms with van der Waals surface area (Å²) in [4.78, 5) is 26.8. The van der Waals surface area contributed by atoms with Gasteiger partial charge in [-0.1, -0.05) is 18.2 Å². The SMILES string of the molecule is C=CCNC(=O)[C@H](C)N(Cc1ccc(F)cc1)C(=O)COc1ccc(S(=O)(=O)Nc2ccc(F)cc2)cc1. The van der Waals surface area contributed by atoms with Gasteiger partial charge in [0.15, 0.2) is 6.61 Å². The van der Waals surface area contributed by atoms with E-state index >= 15 is 0 Å². The third-order valence-electron chi connectivity index (χ3n) is 5.45. The van der Waals surface area contributed by atoms with Gasteiger partial charge in [-0.05, 0) is 73.2 Å². The van der Waals surface area contributed by atoms with Crippen LogP contribution in [0.15, 0.2) is 90.3 Å². The molecule has 0 radical (unpaired) electrons. The molecule has 0 saturated heterocycles. The van der Waals surface area contributed by atoms with E-state index in [9.17, 15) is 26.8 Å². The maximum Gasteiger partial charge on any atom is 0.261 e. The number of halogens is 2. The number of benzene rings is 3. The summed E-state index contributed by atoms with van der Waals surface area (Å²) in [6.07, 6.45) is 1.51. The van der Waals surface area contributed by atoms with Crippen LogP contribution in [0.4, 0.5) is 14.5 Å². The molecule has 0 bridgehead atoms. The van der Waals surface area contributed by atoms with Crippen LogP contribution in [0.2, 0.25) is 0 Å². The van der Waals surface area contributed by atoms with Crippen molar-refractivity contribution in [2.24, 2.45) is 0 Å². The largest absolute Gasteiger partial charge is 0.484 e. The molecule has 8 nitrogen and oxygen atoms in total. The van der Waals surface area contributed by atoms with E-state index < -0.39 is 46.1 Å². The molecule has 2 amide bonds. The first-order valence-electron chi connectivity index (χ1n) is 11.5. The van der Waals surface area contributed by atoms with Crippen LogP contribution in [0.1, 0.15) is 12.5 Å². The van der Waals surface area contributed by atoms with Crippen molar-refractivity contribution < 1.29 is 31.5 Å². The third kappa shape index (κ3) is 7.87. The fourth-order valence-electron chi connectivity index (χ4n) is 3.36. The van der Waals surface area contributed by atoms with Crippen molar-refractivity contribution in [1.29, 1.82) is 0 Å². The molecule has 0 heterocycles. The Labute approximate surface area is 220 Å². The Balaban J connectivity index is 1.68. The van der Waals surface area contributed by atoms with Gasteiger partial charge in [-0.3, -0.25) is 14.3 Å². The molecule has 0 aromatic heterocycles. The van der Waals surface area contributed by atoms with Crippen LogP contribution in [0, 0.1) is 11.6 Å². The molecule has 0 aliphatic heterocycles. The average Bonchev–Trinajstić information content (AvgIpc) is 2.91. The molecule has 1 atom stereocenters. The lowest BCUT2D eigenvalue weighted by Crippen LogP contribution is -2.49. The summed E-state index contributed by atoms with van der Waals surface area (Å²) in [6, 6.07) is 14.9. The molecule has 200 valence electrons. The molecule has 3 rings (SSSR count). The van der Waals surface area contributed by atoms with Crippen molar-refractivity contribution in [3.8, 4) is 5.75 Å². The Morgan fingerprint density at radius 3 is 2.13 bits per heavy atom. The molecule has 0 unspecified atom stereocenters. The number of nitrogens with one attached hydrogen (secondary N) is 2. The van der Waals surface area contributed by atoms with E-state index in [4.69, 9.17) is 4.74 Å². The van der Waals surface area contributed by atoms with Crippen molar-refractivity contribution in [2.45, 2.75) is 24.4 Å². The molecule has 3 aromatic carbocycles. The lowest BCUT2D eigenvalue weighted by Gasteiger charge is -2.28. The van der Waals surface area contributed by atoms with E-state index in [0.717, 1.165) is 12.1 Å². The first kappa shape index (κ1) is 28.3. The van der Waals surface area contributed by atoms with Gasteiger partial charge in [0.1, 0.15) is 23.4 Å². The number of carbonyl (C=O) groups is 2. The third-order valence-corrected chi connectivity index (χ3v) is 6.84. The summed E-state index contributed by atoms with van der Waals surface area (Å²) >= 11 is 0. The van der Waals surface area contributed by atoms with Crippen LogP contribution in [0.3, 0.4) is 0 Å². The van der Waals surface area contributed by atoms with Crippen LogP contribution in [-0.4, -0.2) is 44.3 Å². The van der Waals surface area contributed by atoms with Crippen molar-refractivity contribution in [2.75, 3.05) is 17.9 Å². The zero-order valence-corrected chi connectivity index (χ0v) is 21.4. The minimum absolute atomic E-state index is 0.0391. The maximum atomic E-state index is 13.3. The minimum Gasteiger partial charge on any atom is -0.484 e. The Kier molecular flexibility index (Phi) is 9.55. The molecule has 11 heteroatoms. The predicted molar refractivity (Wildman–Crippen MR) is 139 cm³/mol. The van der Waals surface area contributed by atoms with Crippen LogP contribution in [-0.2, 0) is 26.2 Å². The first-order valence-corrected chi connectivity index (χ1v) is 13.0. The standard InChI is InChI=1S/C27H27F2N3O5S/c1-3-16-30-27(34)19(2)32(17-20-4-6-21(28)7-5-20)26(33)18-37-24-12-14-25(15-13-24)38(35,36)31-23-10-8-22(29)9-11-23/h3-15,19,31H,1,16-18H2,2H3,(H,30,34)/t19-/m0/s1. The van der Waals surface area contributed by atoms with Gasteiger partial charge in [0, 0.05) is 18.8 Å². The molecular formula is C27H27F2N3O5S. The topological polar surface area (TPSA) is 105 Å². The van der Waals surface area contributed by atoms with Crippen molar-refractivity contribution in [1.82, 2.24) is 10.2 Å². The molecule has 2 N–H and O–H groups in total. The monoisotopic (exact) mass is 543 g/mol. The van der Waals surface area contributed by atoms with Crippen LogP contribution in [0.25, 0.3) is 0 Å². The second kappa shape index (κ2) is 12.8. The normalized spacial score (nSPS) is 11.8.